The van der Waals surface area contributed by atoms with Crippen LogP contribution in [0.25, 0.3) is 0 Å². The molecular formula is C13H16FN. The Hall–Kier alpha value is -0.890. The second kappa shape index (κ2) is 3.60. The van der Waals surface area contributed by atoms with E-state index in [2.05, 4.69) is 11.4 Å². The Morgan fingerprint density at radius 1 is 1.13 bits per heavy atom. The molecule has 1 heterocycles. The molecule has 0 aromatic heterocycles. The van der Waals surface area contributed by atoms with E-state index >= 15 is 0 Å². The average Bonchev–Trinajstić information content (AvgIpc) is 2.49. The van der Waals surface area contributed by atoms with Gasteiger partial charge in [0.2, 0.25) is 0 Å². The Kier molecular flexibility index (Phi) is 2.24. The van der Waals surface area contributed by atoms with Gasteiger partial charge in [-0.3, -0.25) is 0 Å². The highest BCUT2D eigenvalue weighted by atomic mass is 19.1. The van der Waals surface area contributed by atoms with Gasteiger partial charge in [0.05, 0.1) is 0 Å². The summed E-state index contributed by atoms with van der Waals surface area (Å²) in [7, 11) is 0. The molecule has 0 spiro atoms. The molecule has 15 heavy (non-hydrogen) atoms. The summed E-state index contributed by atoms with van der Waals surface area (Å²) in [5.74, 6) is 1.96. The van der Waals surface area contributed by atoms with Crippen LogP contribution in [-0.4, -0.2) is 13.1 Å². The molecule has 1 nitrogen and oxygen atoms in total. The molecular weight excluding hydrogens is 189 g/mol. The van der Waals surface area contributed by atoms with Gasteiger partial charge >= 0.3 is 0 Å². The van der Waals surface area contributed by atoms with Crippen molar-refractivity contribution in [2.45, 2.75) is 18.8 Å². The molecule has 0 radical (unpaired) electrons. The van der Waals surface area contributed by atoms with E-state index in [0.29, 0.717) is 5.92 Å². The lowest BCUT2D eigenvalue weighted by Gasteiger charge is -2.31. The fourth-order valence-corrected chi connectivity index (χ4v) is 3.34. The molecule has 2 fully saturated rings. The summed E-state index contributed by atoms with van der Waals surface area (Å²) in [6.45, 7) is 2.22. The summed E-state index contributed by atoms with van der Waals surface area (Å²) in [6, 6.07) is 7.18. The van der Waals surface area contributed by atoms with Gasteiger partial charge in [0.15, 0.2) is 0 Å². The maximum atomic E-state index is 13.2. The van der Waals surface area contributed by atoms with Crippen LogP contribution in [0.3, 0.4) is 0 Å². The van der Waals surface area contributed by atoms with Crippen LogP contribution in [0.5, 0.6) is 0 Å². The van der Waals surface area contributed by atoms with E-state index in [9.17, 15) is 4.39 Å². The van der Waals surface area contributed by atoms with E-state index < -0.39 is 0 Å². The summed E-state index contributed by atoms with van der Waals surface area (Å²) < 4.78 is 13.2. The molecule has 1 aliphatic heterocycles. The van der Waals surface area contributed by atoms with Crippen molar-refractivity contribution in [1.29, 1.82) is 0 Å². The van der Waals surface area contributed by atoms with Gasteiger partial charge in [-0.1, -0.05) is 12.1 Å². The molecule has 2 unspecified atom stereocenters. The number of rotatable bonds is 1. The minimum atomic E-state index is -0.0922. The van der Waals surface area contributed by atoms with E-state index in [-0.39, 0.29) is 5.82 Å². The zero-order chi connectivity index (χ0) is 10.3. The predicted molar refractivity (Wildman–Crippen MR) is 58.2 cm³/mol. The van der Waals surface area contributed by atoms with E-state index in [1.807, 2.05) is 6.07 Å². The van der Waals surface area contributed by atoms with Gasteiger partial charge in [0, 0.05) is 0 Å². The smallest absolute Gasteiger partial charge is 0.123 e. The van der Waals surface area contributed by atoms with Gasteiger partial charge in [-0.05, 0) is 61.4 Å². The molecule has 2 heteroatoms. The predicted octanol–water partition coefficient (Wildman–Crippen LogP) is 2.54. The van der Waals surface area contributed by atoms with Crippen molar-refractivity contribution in [2.24, 2.45) is 11.8 Å². The van der Waals surface area contributed by atoms with E-state index in [0.717, 1.165) is 24.9 Å². The topological polar surface area (TPSA) is 12.0 Å². The van der Waals surface area contributed by atoms with Crippen molar-refractivity contribution in [1.82, 2.24) is 5.32 Å². The fourth-order valence-electron chi connectivity index (χ4n) is 3.34. The zero-order valence-corrected chi connectivity index (χ0v) is 8.75. The molecule has 0 amide bonds. The van der Waals surface area contributed by atoms with Crippen LogP contribution < -0.4 is 5.32 Å². The fraction of sp³-hybridized carbons (Fsp3) is 0.538. The van der Waals surface area contributed by atoms with E-state index in [4.69, 9.17) is 0 Å². The van der Waals surface area contributed by atoms with Crippen LogP contribution in [0.1, 0.15) is 24.3 Å². The van der Waals surface area contributed by atoms with Crippen molar-refractivity contribution in [2.75, 3.05) is 13.1 Å². The first-order chi connectivity index (χ1) is 7.34. The molecule has 1 aliphatic carbocycles. The first kappa shape index (κ1) is 9.34. The molecule has 3 rings (SSSR count). The van der Waals surface area contributed by atoms with Gasteiger partial charge in [0.25, 0.3) is 0 Å². The quantitative estimate of drug-likeness (QED) is 0.743. The van der Waals surface area contributed by atoms with Crippen molar-refractivity contribution in [3.63, 3.8) is 0 Å². The van der Waals surface area contributed by atoms with Gasteiger partial charge in [-0.2, -0.15) is 0 Å². The molecule has 2 atom stereocenters. The largest absolute Gasteiger partial charge is 0.316 e. The third-order valence-electron chi connectivity index (χ3n) is 3.97. The third kappa shape index (κ3) is 1.57. The number of fused-ring (bicyclic) bond motifs is 2. The Balaban J connectivity index is 1.93. The van der Waals surface area contributed by atoms with Crippen molar-refractivity contribution >= 4 is 0 Å². The molecule has 2 aliphatic rings. The second-order valence-corrected chi connectivity index (χ2v) is 4.84. The number of piperidine rings is 1. The first-order valence-corrected chi connectivity index (χ1v) is 5.81. The molecule has 1 saturated heterocycles. The van der Waals surface area contributed by atoms with Gasteiger partial charge in [-0.25, -0.2) is 4.39 Å². The highest BCUT2D eigenvalue weighted by molar-refractivity contribution is 5.24. The lowest BCUT2D eigenvalue weighted by Crippen LogP contribution is -2.36. The second-order valence-electron chi connectivity index (χ2n) is 4.84. The maximum Gasteiger partial charge on any atom is 0.123 e. The van der Waals surface area contributed by atoms with Gasteiger partial charge in [0.1, 0.15) is 5.82 Å². The van der Waals surface area contributed by atoms with Crippen LogP contribution in [-0.2, 0) is 0 Å². The zero-order valence-electron chi connectivity index (χ0n) is 8.75. The van der Waals surface area contributed by atoms with Crippen LogP contribution in [0.15, 0.2) is 24.3 Å². The lowest BCUT2D eigenvalue weighted by molar-refractivity contribution is 0.322. The average molecular weight is 205 g/mol. The number of hydrogen-bond acceptors (Lipinski definition) is 1. The normalized spacial score (nSPS) is 34.3. The summed E-state index contributed by atoms with van der Waals surface area (Å²) in [5, 5.41) is 3.47. The first-order valence-electron chi connectivity index (χ1n) is 5.81. The highest BCUT2D eigenvalue weighted by Gasteiger charge is 2.39. The van der Waals surface area contributed by atoms with E-state index in [1.165, 1.54) is 24.5 Å². The summed E-state index contributed by atoms with van der Waals surface area (Å²) in [5.41, 5.74) is 1.21. The van der Waals surface area contributed by atoms with Gasteiger partial charge < -0.3 is 5.32 Å². The number of halogens is 1. The number of hydrogen-bond donors (Lipinski definition) is 1. The van der Waals surface area contributed by atoms with Crippen LogP contribution in [0, 0.1) is 17.7 Å². The SMILES string of the molecule is Fc1cccc(C2C3CCC2CNC3)c1. The molecule has 1 N–H and O–H groups in total. The minimum Gasteiger partial charge on any atom is -0.316 e. The summed E-state index contributed by atoms with van der Waals surface area (Å²) in [6.07, 6.45) is 2.61. The Labute approximate surface area is 89.7 Å². The van der Waals surface area contributed by atoms with Crippen LogP contribution in [0.4, 0.5) is 4.39 Å². The Bertz CT molecular complexity index is 347. The highest BCUT2D eigenvalue weighted by Crippen LogP contribution is 2.45. The standard InChI is InChI=1S/C13H16FN/c14-12-3-1-2-9(6-12)13-10-4-5-11(13)8-15-7-10/h1-3,6,10-11,13,15H,4-5,7-8H2. The number of nitrogens with one attached hydrogen (secondary N) is 1. The van der Waals surface area contributed by atoms with E-state index in [1.54, 1.807) is 6.07 Å². The van der Waals surface area contributed by atoms with Crippen molar-refractivity contribution in [3.05, 3.63) is 35.6 Å². The monoisotopic (exact) mass is 205 g/mol. The molecule has 1 aromatic rings. The Morgan fingerprint density at radius 3 is 2.53 bits per heavy atom. The van der Waals surface area contributed by atoms with Crippen molar-refractivity contribution < 1.29 is 4.39 Å². The summed E-state index contributed by atoms with van der Waals surface area (Å²) >= 11 is 0. The van der Waals surface area contributed by atoms with Crippen molar-refractivity contribution in [3.8, 4) is 0 Å². The van der Waals surface area contributed by atoms with Crippen LogP contribution in [0.2, 0.25) is 0 Å². The molecule has 2 bridgehead atoms. The lowest BCUT2D eigenvalue weighted by atomic mass is 9.81. The third-order valence-corrected chi connectivity index (χ3v) is 3.97. The molecule has 1 saturated carbocycles. The maximum absolute atomic E-state index is 13.2. The molecule has 1 aromatic carbocycles. The number of benzene rings is 1. The molecule has 80 valence electrons. The van der Waals surface area contributed by atoms with Crippen LogP contribution >= 0.6 is 0 Å². The minimum absolute atomic E-state index is 0.0922. The van der Waals surface area contributed by atoms with Gasteiger partial charge in [-0.15, -0.1) is 0 Å². The summed E-state index contributed by atoms with van der Waals surface area (Å²) in [4.78, 5) is 0. The Morgan fingerprint density at radius 2 is 1.87 bits per heavy atom.